The van der Waals surface area contributed by atoms with Gasteiger partial charge in [0.1, 0.15) is 6.04 Å². The smallest absolute Gasteiger partial charge is 0.324 e. The van der Waals surface area contributed by atoms with Crippen LogP contribution in [0.25, 0.3) is 0 Å². The highest BCUT2D eigenvalue weighted by atomic mass is 32.2. The third kappa shape index (κ3) is 3.53. The fourth-order valence-electron chi connectivity index (χ4n) is 2.61. The van der Waals surface area contributed by atoms with Crippen LogP contribution >= 0.6 is 0 Å². The molecule has 0 aromatic carbocycles. The lowest BCUT2D eigenvalue weighted by Crippen LogP contribution is -2.50. The summed E-state index contributed by atoms with van der Waals surface area (Å²) >= 11 is 0. The van der Waals surface area contributed by atoms with Crippen LogP contribution in [0.3, 0.4) is 0 Å². The molecule has 2 aliphatic heterocycles. The van der Waals surface area contributed by atoms with Gasteiger partial charge < -0.3 is 10.1 Å². The maximum atomic E-state index is 12.7. The van der Waals surface area contributed by atoms with Crippen LogP contribution in [-0.4, -0.2) is 67.7 Å². The fraction of sp³-hybridized carbons (Fsp3) is 0.833. The van der Waals surface area contributed by atoms with Crippen molar-refractivity contribution in [2.75, 3.05) is 32.8 Å². The number of nitrogens with zero attached hydrogens (tertiary/aromatic N) is 2. The first-order valence-corrected chi connectivity index (χ1v) is 8.56. The average molecular weight is 319 g/mol. The molecule has 21 heavy (non-hydrogen) atoms. The second-order valence-corrected chi connectivity index (χ2v) is 6.95. The standard InChI is InChI=1S/C12H21N3O5S/c1-2-20-12(17)10-5-3-8-15(10)21(18,19)14-7-4-6-13-11(16)9-14/h10H,2-9H2,1H3,(H,13,16). The van der Waals surface area contributed by atoms with E-state index in [-0.39, 0.29) is 32.1 Å². The van der Waals surface area contributed by atoms with Crippen LogP contribution in [0.4, 0.5) is 0 Å². The summed E-state index contributed by atoms with van der Waals surface area (Å²) in [7, 11) is -3.83. The first-order chi connectivity index (χ1) is 9.96. The summed E-state index contributed by atoms with van der Waals surface area (Å²) in [4.78, 5) is 23.4. The minimum absolute atomic E-state index is 0.200. The van der Waals surface area contributed by atoms with Gasteiger partial charge in [-0.15, -0.1) is 0 Å². The van der Waals surface area contributed by atoms with E-state index in [0.717, 1.165) is 4.31 Å². The Morgan fingerprint density at radius 3 is 2.86 bits per heavy atom. The van der Waals surface area contributed by atoms with Crippen molar-refractivity contribution >= 4 is 22.1 Å². The molecule has 8 nitrogen and oxygen atoms in total. The second-order valence-electron chi connectivity index (χ2n) is 5.07. The van der Waals surface area contributed by atoms with E-state index in [0.29, 0.717) is 25.8 Å². The maximum Gasteiger partial charge on any atom is 0.324 e. The largest absolute Gasteiger partial charge is 0.465 e. The van der Waals surface area contributed by atoms with Crippen molar-refractivity contribution in [3.63, 3.8) is 0 Å². The molecule has 0 bridgehead atoms. The van der Waals surface area contributed by atoms with Gasteiger partial charge in [0.2, 0.25) is 5.91 Å². The Kier molecular flexibility index (Phi) is 5.17. The highest BCUT2D eigenvalue weighted by Crippen LogP contribution is 2.24. The van der Waals surface area contributed by atoms with E-state index < -0.39 is 22.2 Å². The van der Waals surface area contributed by atoms with Crippen molar-refractivity contribution < 1.29 is 22.7 Å². The van der Waals surface area contributed by atoms with E-state index in [1.54, 1.807) is 6.92 Å². The molecule has 9 heteroatoms. The molecule has 0 aromatic rings. The van der Waals surface area contributed by atoms with E-state index in [4.69, 9.17) is 4.74 Å². The van der Waals surface area contributed by atoms with Crippen LogP contribution in [-0.2, 0) is 24.5 Å². The number of esters is 1. The van der Waals surface area contributed by atoms with Gasteiger partial charge in [-0.25, -0.2) is 0 Å². The average Bonchev–Trinajstić information content (AvgIpc) is 2.83. The van der Waals surface area contributed by atoms with Crippen LogP contribution in [0.1, 0.15) is 26.2 Å². The molecule has 0 radical (unpaired) electrons. The van der Waals surface area contributed by atoms with E-state index in [2.05, 4.69) is 5.32 Å². The van der Waals surface area contributed by atoms with Crippen molar-refractivity contribution in [1.82, 2.24) is 13.9 Å². The lowest BCUT2D eigenvalue weighted by molar-refractivity contribution is -0.146. The molecule has 2 rings (SSSR count). The van der Waals surface area contributed by atoms with Gasteiger partial charge in [-0.05, 0) is 26.2 Å². The van der Waals surface area contributed by atoms with Crippen molar-refractivity contribution in [2.24, 2.45) is 0 Å². The first-order valence-electron chi connectivity index (χ1n) is 7.17. The molecule has 120 valence electrons. The Morgan fingerprint density at radius 1 is 1.38 bits per heavy atom. The van der Waals surface area contributed by atoms with Gasteiger partial charge in [0, 0.05) is 19.6 Å². The molecule has 2 aliphatic rings. The Labute approximate surface area is 124 Å². The summed E-state index contributed by atoms with van der Waals surface area (Å²) in [6.45, 7) is 2.72. The number of nitrogens with one attached hydrogen (secondary N) is 1. The molecule has 2 saturated heterocycles. The van der Waals surface area contributed by atoms with Crippen molar-refractivity contribution in [3.8, 4) is 0 Å². The lowest BCUT2D eigenvalue weighted by atomic mass is 10.2. The zero-order valence-electron chi connectivity index (χ0n) is 12.1. The molecule has 2 fully saturated rings. The lowest BCUT2D eigenvalue weighted by Gasteiger charge is -2.28. The topological polar surface area (TPSA) is 96.0 Å². The predicted molar refractivity (Wildman–Crippen MR) is 74.5 cm³/mol. The van der Waals surface area contributed by atoms with Crippen molar-refractivity contribution in [1.29, 1.82) is 0 Å². The monoisotopic (exact) mass is 319 g/mol. The van der Waals surface area contributed by atoms with Crippen LogP contribution in [0.5, 0.6) is 0 Å². The molecule has 1 amide bonds. The molecule has 0 spiro atoms. The van der Waals surface area contributed by atoms with Crippen LogP contribution in [0, 0.1) is 0 Å². The van der Waals surface area contributed by atoms with Gasteiger partial charge in [-0.1, -0.05) is 0 Å². The fourth-order valence-corrected chi connectivity index (χ4v) is 4.42. The zero-order chi connectivity index (χ0) is 15.5. The van der Waals surface area contributed by atoms with Crippen molar-refractivity contribution in [2.45, 2.75) is 32.2 Å². The summed E-state index contributed by atoms with van der Waals surface area (Å²) in [5.41, 5.74) is 0. The van der Waals surface area contributed by atoms with Gasteiger partial charge in [-0.3, -0.25) is 9.59 Å². The molecular weight excluding hydrogens is 298 g/mol. The Hall–Kier alpha value is -1.19. The van der Waals surface area contributed by atoms with E-state index in [1.807, 2.05) is 0 Å². The molecule has 1 N–H and O–H groups in total. The number of hydrogen-bond donors (Lipinski definition) is 1. The molecule has 1 unspecified atom stereocenters. The normalized spacial score (nSPS) is 25.4. The molecule has 2 heterocycles. The van der Waals surface area contributed by atoms with Gasteiger partial charge in [0.15, 0.2) is 0 Å². The van der Waals surface area contributed by atoms with Crippen LogP contribution < -0.4 is 5.32 Å². The second kappa shape index (κ2) is 6.71. The Bertz CT molecular complexity index is 507. The minimum Gasteiger partial charge on any atom is -0.465 e. The summed E-state index contributed by atoms with van der Waals surface area (Å²) in [6, 6.07) is -0.777. The Morgan fingerprint density at radius 2 is 2.14 bits per heavy atom. The van der Waals surface area contributed by atoms with Gasteiger partial charge in [0.25, 0.3) is 10.2 Å². The highest BCUT2D eigenvalue weighted by molar-refractivity contribution is 7.86. The number of hydrogen-bond acceptors (Lipinski definition) is 5. The number of carbonyl (C=O) groups excluding carboxylic acids is 2. The quantitative estimate of drug-likeness (QED) is 0.676. The van der Waals surface area contributed by atoms with Crippen LogP contribution in [0.15, 0.2) is 0 Å². The van der Waals surface area contributed by atoms with Gasteiger partial charge in [0.05, 0.1) is 13.2 Å². The van der Waals surface area contributed by atoms with Gasteiger partial charge >= 0.3 is 5.97 Å². The number of carbonyl (C=O) groups is 2. The zero-order valence-corrected chi connectivity index (χ0v) is 12.9. The molecular formula is C12H21N3O5S. The predicted octanol–water partition coefficient (Wildman–Crippen LogP) is -0.919. The maximum absolute atomic E-state index is 12.7. The first kappa shape index (κ1) is 16.2. The van der Waals surface area contributed by atoms with Crippen molar-refractivity contribution in [3.05, 3.63) is 0 Å². The molecule has 1 atom stereocenters. The number of rotatable bonds is 4. The highest BCUT2D eigenvalue weighted by Gasteiger charge is 2.43. The van der Waals surface area contributed by atoms with Gasteiger partial charge in [-0.2, -0.15) is 17.0 Å². The minimum atomic E-state index is -3.83. The van der Waals surface area contributed by atoms with E-state index >= 15 is 0 Å². The van der Waals surface area contributed by atoms with E-state index in [1.165, 1.54) is 4.31 Å². The third-order valence-corrected chi connectivity index (χ3v) is 5.61. The molecule has 0 aliphatic carbocycles. The summed E-state index contributed by atoms with van der Waals surface area (Å²) in [6.07, 6.45) is 1.63. The summed E-state index contributed by atoms with van der Waals surface area (Å²) in [5.74, 6) is -0.833. The Balaban J connectivity index is 2.17. The number of ether oxygens (including phenoxy) is 1. The SMILES string of the molecule is CCOC(=O)C1CCCN1S(=O)(=O)N1CCCNC(=O)C1. The third-order valence-electron chi connectivity index (χ3n) is 3.61. The summed E-state index contributed by atoms with van der Waals surface area (Å²) < 4.78 is 32.6. The number of amides is 1. The molecule has 0 aromatic heterocycles. The molecule has 0 saturated carbocycles. The van der Waals surface area contributed by atoms with Crippen LogP contribution in [0.2, 0.25) is 0 Å². The summed E-state index contributed by atoms with van der Waals surface area (Å²) in [5, 5.41) is 2.64. The van der Waals surface area contributed by atoms with E-state index in [9.17, 15) is 18.0 Å².